The van der Waals surface area contributed by atoms with Crippen LogP contribution in [-0.4, -0.2) is 22.0 Å². The zero-order valence-corrected chi connectivity index (χ0v) is 9.72. The fraction of sp³-hybridized carbons (Fsp3) is 0.308. The molecule has 0 radical (unpaired) electrons. The van der Waals surface area contributed by atoms with Gasteiger partial charge in [-0.25, -0.2) is 9.97 Å². The molecule has 1 aliphatic rings. The maximum Gasteiger partial charge on any atom is 0.134 e. The van der Waals surface area contributed by atoms with Crippen LogP contribution in [0.2, 0.25) is 0 Å². The Morgan fingerprint density at radius 3 is 2.59 bits per heavy atom. The van der Waals surface area contributed by atoms with Crippen LogP contribution in [0, 0.1) is 0 Å². The van der Waals surface area contributed by atoms with E-state index in [1.807, 2.05) is 25.2 Å². The van der Waals surface area contributed by atoms with Gasteiger partial charge in [-0.15, -0.1) is 0 Å². The first-order valence-electron chi connectivity index (χ1n) is 5.84. The predicted octanol–water partition coefficient (Wildman–Crippen LogP) is 2.46. The Hall–Kier alpha value is -1.97. The summed E-state index contributed by atoms with van der Waals surface area (Å²) >= 11 is 0. The van der Waals surface area contributed by atoms with Crippen molar-refractivity contribution in [2.75, 3.05) is 12.4 Å². The number of aromatic nitrogens is 3. The number of anilines is 1. The lowest BCUT2D eigenvalue weighted by molar-refractivity contribution is 0.932. The molecule has 0 atom stereocenters. The molecule has 1 saturated carbocycles. The van der Waals surface area contributed by atoms with E-state index in [0.29, 0.717) is 5.92 Å². The monoisotopic (exact) mass is 226 g/mol. The molecule has 0 amide bonds. The van der Waals surface area contributed by atoms with E-state index in [1.54, 1.807) is 12.4 Å². The molecule has 2 aromatic rings. The zero-order valence-electron chi connectivity index (χ0n) is 9.72. The Morgan fingerprint density at radius 2 is 1.94 bits per heavy atom. The largest absolute Gasteiger partial charge is 0.373 e. The van der Waals surface area contributed by atoms with Crippen molar-refractivity contribution >= 4 is 5.82 Å². The van der Waals surface area contributed by atoms with Gasteiger partial charge in [0.05, 0.1) is 5.69 Å². The van der Waals surface area contributed by atoms with Crippen LogP contribution < -0.4 is 5.32 Å². The first kappa shape index (κ1) is 10.2. The average Bonchev–Trinajstić information content (AvgIpc) is 3.23. The van der Waals surface area contributed by atoms with Crippen molar-refractivity contribution in [2.45, 2.75) is 18.8 Å². The Labute approximate surface area is 100 Å². The molecule has 1 N–H and O–H groups in total. The van der Waals surface area contributed by atoms with Crippen molar-refractivity contribution in [1.29, 1.82) is 0 Å². The second kappa shape index (κ2) is 4.13. The van der Waals surface area contributed by atoms with Crippen LogP contribution in [0.25, 0.3) is 11.3 Å². The quantitative estimate of drug-likeness (QED) is 0.873. The summed E-state index contributed by atoms with van der Waals surface area (Å²) in [6.07, 6.45) is 5.99. The van der Waals surface area contributed by atoms with Crippen molar-refractivity contribution in [1.82, 2.24) is 15.0 Å². The standard InChI is InChI=1S/C13H14N4/c1-14-12-8-11(9-4-6-15-7-5-9)16-13(17-12)10-2-3-10/h4-8,10H,2-3H2,1H3,(H,14,16,17). The molecule has 86 valence electrons. The summed E-state index contributed by atoms with van der Waals surface area (Å²) in [4.78, 5) is 13.2. The van der Waals surface area contributed by atoms with E-state index in [0.717, 1.165) is 22.9 Å². The third kappa shape index (κ3) is 2.11. The molecule has 4 nitrogen and oxygen atoms in total. The average molecular weight is 226 g/mol. The second-order valence-corrected chi connectivity index (χ2v) is 4.26. The van der Waals surface area contributed by atoms with E-state index in [1.165, 1.54) is 12.8 Å². The predicted molar refractivity (Wildman–Crippen MR) is 66.8 cm³/mol. The zero-order chi connectivity index (χ0) is 11.7. The highest BCUT2D eigenvalue weighted by Crippen LogP contribution is 2.39. The summed E-state index contributed by atoms with van der Waals surface area (Å²) < 4.78 is 0. The van der Waals surface area contributed by atoms with Gasteiger partial charge in [-0.05, 0) is 25.0 Å². The second-order valence-electron chi connectivity index (χ2n) is 4.26. The van der Waals surface area contributed by atoms with Crippen LogP contribution in [0.5, 0.6) is 0 Å². The van der Waals surface area contributed by atoms with Crippen LogP contribution >= 0.6 is 0 Å². The molecule has 0 aliphatic heterocycles. The fourth-order valence-corrected chi connectivity index (χ4v) is 1.79. The summed E-state index contributed by atoms with van der Waals surface area (Å²) in [7, 11) is 1.88. The van der Waals surface area contributed by atoms with Gasteiger partial charge in [0, 0.05) is 37.0 Å². The summed E-state index contributed by atoms with van der Waals surface area (Å²) in [5.41, 5.74) is 2.05. The number of pyridine rings is 1. The van der Waals surface area contributed by atoms with Crippen molar-refractivity contribution in [2.24, 2.45) is 0 Å². The lowest BCUT2D eigenvalue weighted by Crippen LogP contribution is -2.00. The Kier molecular flexibility index (Phi) is 2.48. The fourth-order valence-electron chi connectivity index (χ4n) is 1.79. The van der Waals surface area contributed by atoms with Gasteiger partial charge >= 0.3 is 0 Å². The van der Waals surface area contributed by atoms with Crippen LogP contribution in [0.15, 0.2) is 30.6 Å². The molecule has 0 aromatic carbocycles. The summed E-state index contributed by atoms with van der Waals surface area (Å²) in [6, 6.07) is 5.91. The lowest BCUT2D eigenvalue weighted by Gasteiger charge is -2.07. The normalized spacial score (nSPS) is 14.6. The third-order valence-corrected chi connectivity index (χ3v) is 2.92. The van der Waals surface area contributed by atoms with E-state index in [4.69, 9.17) is 0 Å². The van der Waals surface area contributed by atoms with Crippen molar-refractivity contribution in [3.63, 3.8) is 0 Å². The highest BCUT2D eigenvalue weighted by Gasteiger charge is 2.27. The van der Waals surface area contributed by atoms with Crippen molar-refractivity contribution < 1.29 is 0 Å². The Balaban J connectivity index is 2.06. The number of hydrogen-bond donors (Lipinski definition) is 1. The molecule has 3 rings (SSSR count). The number of hydrogen-bond acceptors (Lipinski definition) is 4. The highest BCUT2D eigenvalue weighted by molar-refractivity contribution is 5.62. The summed E-state index contributed by atoms with van der Waals surface area (Å²) in [6.45, 7) is 0. The third-order valence-electron chi connectivity index (χ3n) is 2.92. The number of nitrogens with one attached hydrogen (secondary N) is 1. The number of rotatable bonds is 3. The molecular weight excluding hydrogens is 212 g/mol. The molecule has 4 heteroatoms. The van der Waals surface area contributed by atoms with Gasteiger partial charge in [-0.1, -0.05) is 0 Å². The van der Waals surface area contributed by atoms with Gasteiger partial charge < -0.3 is 5.32 Å². The summed E-state index contributed by atoms with van der Waals surface area (Å²) in [5.74, 6) is 2.40. The summed E-state index contributed by atoms with van der Waals surface area (Å²) in [5, 5.41) is 3.09. The van der Waals surface area contributed by atoms with Gasteiger partial charge in [0.25, 0.3) is 0 Å². The Morgan fingerprint density at radius 1 is 1.18 bits per heavy atom. The van der Waals surface area contributed by atoms with Crippen molar-refractivity contribution in [3.05, 3.63) is 36.4 Å². The molecule has 2 heterocycles. The van der Waals surface area contributed by atoms with Crippen molar-refractivity contribution in [3.8, 4) is 11.3 Å². The van der Waals surface area contributed by atoms with Gasteiger partial charge in [-0.2, -0.15) is 0 Å². The minimum absolute atomic E-state index is 0.559. The molecule has 0 unspecified atom stereocenters. The van der Waals surface area contributed by atoms with E-state index in [2.05, 4.69) is 20.3 Å². The minimum atomic E-state index is 0.559. The van der Waals surface area contributed by atoms with Gasteiger partial charge in [-0.3, -0.25) is 4.98 Å². The maximum atomic E-state index is 4.63. The van der Waals surface area contributed by atoms with Gasteiger partial charge in [0.15, 0.2) is 0 Å². The maximum absolute atomic E-state index is 4.63. The molecule has 2 aromatic heterocycles. The Bertz CT molecular complexity index is 520. The smallest absolute Gasteiger partial charge is 0.134 e. The SMILES string of the molecule is CNc1cc(-c2ccncc2)nc(C2CC2)n1. The number of nitrogens with zero attached hydrogens (tertiary/aromatic N) is 3. The topological polar surface area (TPSA) is 50.7 Å². The van der Waals surface area contributed by atoms with E-state index in [9.17, 15) is 0 Å². The van der Waals surface area contributed by atoms with Crippen LogP contribution in [0.1, 0.15) is 24.6 Å². The molecule has 0 bridgehead atoms. The molecule has 1 aliphatic carbocycles. The van der Waals surface area contributed by atoms with Crippen LogP contribution in [0.4, 0.5) is 5.82 Å². The van der Waals surface area contributed by atoms with E-state index >= 15 is 0 Å². The lowest BCUT2D eigenvalue weighted by atomic mass is 10.2. The minimum Gasteiger partial charge on any atom is -0.373 e. The highest BCUT2D eigenvalue weighted by atomic mass is 15.0. The van der Waals surface area contributed by atoms with Crippen LogP contribution in [-0.2, 0) is 0 Å². The molecular formula is C13H14N4. The first-order chi connectivity index (χ1) is 8.36. The van der Waals surface area contributed by atoms with E-state index in [-0.39, 0.29) is 0 Å². The molecule has 1 fully saturated rings. The molecule has 0 saturated heterocycles. The molecule has 0 spiro atoms. The molecule has 17 heavy (non-hydrogen) atoms. The van der Waals surface area contributed by atoms with E-state index < -0.39 is 0 Å². The van der Waals surface area contributed by atoms with Gasteiger partial charge in [0.2, 0.25) is 0 Å². The van der Waals surface area contributed by atoms with Gasteiger partial charge in [0.1, 0.15) is 11.6 Å². The first-order valence-corrected chi connectivity index (χ1v) is 5.84. The van der Waals surface area contributed by atoms with Crippen LogP contribution in [0.3, 0.4) is 0 Å².